The van der Waals surface area contributed by atoms with Crippen LogP contribution in [0.2, 0.25) is 0 Å². The predicted octanol–water partition coefficient (Wildman–Crippen LogP) is 6.99. The van der Waals surface area contributed by atoms with Crippen molar-refractivity contribution in [3.8, 4) is 23.3 Å². The third kappa shape index (κ3) is 7.21. The molecule has 0 N–H and O–H groups in total. The molecular weight excluding hydrogens is 466 g/mol. The van der Waals surface area contributed by atoms with Gasteiger partial charge in [0.25, 0.3) is 0 Å². The van der Waals surface area contributed by atoms with E-state index < -0.39 is 30.0 Å². The average molecular weight is 487 g/mol. The van der Waals surface area contributed by atoms with Gasteiger partial charge < -0.3 is 14.2 Å². The fraction of sp³-hybridized carbons (Fsp3) is 0.231. The van der Waals surface area contributed by atoms with E-state index in [2.05, 4.69) is 4.74 Å². The molecule has 182 valence electrons. The van der Waals surface area contributed by atoms with Crippen molar-refractivity contribution in [2.75, 3.05) is 0 Å². The van der Waals surface area contributed by atoms with Crippen LogP contribution in [0.25, 0.3) is 0 Å². The molecular formula is C26H21F4NO4. The number of benzene rings is 3. The molecule has 3 rings (SSSR count). The van der Waals surface area contributed by atoms with Crippen LogP contribution in [0.4, 0.5) is 17.6 Å². The monoisotopic (exact) mass is 487 g/mol. The normalized spacial score (nSPS) is 12.1. The van der Waals surface area contributed by atoms with Crippen molar-refractivity contribution in [1.29, 1.82) is 5.26 Å². The molecule has 0 heterocycles. The van der Waals surface area contributed by atoms with Gasteiger partial charge in [0.1, 0.15) is 17.6 Å². The Bertz CT molecular complexity index is 1220. The first-order valence-corrected chi connectivity index (χ1v) is 10.6. The highest BCUT2D eigenvalue weighted by Crippen LogP contribution is 2.31. The van der Waals surface area contributed by atoms with Crippen LogP contribution < -0.4 is 9.47 Å². The Balaban J connectivity index is 1.76. The molecule has 0 aliphatic rings. The zero-order chi connectivity index (χ0) is 25.6. The lowest BCUT2D eigenvalue weighted by atomic mass is 9.95. The zero-order valence-corrected chi connectivity index (χ0v) is 18.8. The minimum atomic E-state index is -4.84. The third-order valence-corrected chi connectivity index (χ3v) is 4.90. The Kier molecular flexibility index (Phi) is 7.97. The molecule has 0 aromatic heterocycles. The van der Waals surface area contributed by atoms with Crippen molar-refractivity contribution in [1.82, 2.24) is 0 Å². The molecule has 1 atom stereocenters. The minimum absolute atomic E-state index is 0.146. The summed E-state index contributed by atoms with van der Waals surface area (Å²) in [6.07, 6.45) is -6.48. The van der Waals surface area contributed by atoms with Crippen LogP contribution in [0.5, 0.6) is 17.2 Å². The van der Waals surface area contributed by atoms with Gasteiger partial charge in [-0.2, -0.15) is 5.26 Å². The first-order valence-electron chi connectivity index (χ1n) is 10.6. The van der Waals surface area contributed by atoms with E-state index in [9.17, 15) is 27.6 Å². The molecule has 0 bridgehead atoms. The van der Waals surface area contributed by atoms with E-state index in [4.69, 9.17) is 9.47 Å². The van der Waals surface area contributed by atoms with Gasteiger partial charge in [0, 0.05) is 5.56 Å². The Labute approximate surface area is 199 Å². The first-order chi connectivity index (χ1) is 16.6. The van der Waals surface area contributed by atoms with E-state index in [0.29, 0.717) is 16.9 Å². The fourth-order valence-electron chi connectivity index (χ4n) is 3.34. The number of nitrogens with zero attached hydrogens (tertiary/aromatic N) is 1. The summed E-state index contributed by atoms with van der Waals surface area (Å²) >= 11 is 0. The van der Waals surface area contributed by atoms with E-state index in [1.54, 1.807) is 44.2 Å². The molecule has 0 saturated heterocycles. The Hall–Kier alpha value is -4.06. The first kappa shape index (κ1) is 25.6. The lowest BCUT2D eigenvalue weighted by Crippen LogP contribution is -2.18. The fourth-order valence-corrected chi connectivity index (χ4v) is 3.34. The van der Waals surface area contributed by atoms with Crippen LogP contribution in [-0.2, 0) is 16.0 Å². The summed E-state index contributed by atoms with van der Waals surface area (Å²) < 4.78 is 66.6. The Morgan fingerprint density at radius 3 is 2.34 bits per heavy atom. The molecule has 3 aromatic carbocycles. The van der Waals surface area contributed by atoms with Gasteiger partial charge in [0.05, 0.1) is 6.42 Å². The molecule has 0 aliphatic heterocycles. The van der Waals surface area contributed by atoms with Crippen molar-refractivity contribution in [3.63, 3.8) is 0 Å². The summed E-state index contributed by atoms with van der Waals surface area (Å²) in [5, 5.41) is 9.55. The number of hydrogen-bond donors (Lipinski definition) is 0. The number of nitriles is 1. The number of para-hydroxylation sites is 1. The number of carbonyl (C=O) groups excluding carboxylic acids is 1. The van der Waals surface area contributed by atoms with Gasteiger partial charge in [0.15, 0.2) is 11.6 Å². The lowest BCUT2D eigenvalue weighted by Gasteiger charge is -2.17. The number of ether oxygens (including phenoxy) is 3. The van der Waals surface area contributed by atoms with Crippen LogP contribution in [0.1, 0.15) is 42.6 Å². The number of esters is 1. The van der Waals surface area contributed by atoms with Gasteiger partial charge in [-0.1, -0.05) is 44.2 Å². The second-order valence-electron chi connectivity index (χ2n) is 7.84. The Morgan fingerprint density at radius 2 is 1.71 bits per heavy atom. The summed E-state index contributed by atoms with van der Waals surface area (Å²) in [6, 6.07) is 17.7. The molecule has 9 heteroatoms. The maximum Gasteiger partial charge on any atom is 0.573 e. The van der Waals surface area contributed by atoms with E-state index in [1.165, 1.54) is 24.3 Å². The largest absolute Gasteiger partial charge is 0.573 e. The third-order valence-electron chi connectivity index (χ3n) is 4.90. The standard InChI is InChI=1S/C26H21F4NO4/c1-16(2)21-14-20(35-26(28,29)30)10-8-17(21)13-25(32)34-24(15-31)18-9-11-22(27)23(12-18)33-19-6-4-3-5-7-19/h3-12,14,16,24H,13H2,1-2H3. The summed E-state index contributed by atoms with van der Waals surface area (Å²) in [4.78, 5) is 12.6. The van der Waals surface area contributed by atoms with Gasteiger partial charge in [-0.05, 0) is 53.4 Å². The van der Waals surface area contributed by atoms with E-state index in [-0.39, 0.29) is 23.7 Å². The van der Waals surface area contributed by atoms with E-state index in [1.807, 2.05) is 6.07 Å². The summed E-state index contributed by atoms with van der Waals surface area (Å²) in [6.45, 7) is 3.51. The molecule has 0 amide bonds. The molecule has 3 aromatic rings. The minimum Gasteiger partial charge on any atom is -0.454 e. The highest BCUT2D eigenvalue weighted by atomic mass is 19.4. The molecule has 35 heavy (non-hydrogen) atoms. The molecule has 0 radical (unpaired) electrons. The Morgan fingerprint density at radius 1 is 1.00 bits per heavy atom. The van der Waals surface area contributed by atoms with Crippen molar-refractivity contribution < 1.29 is 36.6 Å². The maximum absolute atomic E-state index is 14.2. The van der Waals surface area contributed by atoms with Crippen LogP contribution in [0, 0.1) is 17.1 Å². The lowest BCUT2D eigenvalue weighted by molar-refractivity contribution is -0.274. The second-order valence-corrected chi connectivity index (χ2v) is 7.84. The number of rotatable bonds is 8. The number of hydrogen-bond acceptors (Lipinski definition) is 5. The second kappa shape index (κ2) is 10.9. The summed E-state index contributed by atoms with van der Waals surface area (Å²) in [5.41, 5.74) is 1.10. The van der Waals surface area contributed by atoms with Gasteiger partial charge in [-0.3, -0.25) is 4.79 Å². The molecule has 0 fully saturated rings. The van der Waals surface area contributed by atoms with E-state index >= 15 is 0 Å². The summed E-state index contributed by atoms with van der Waals surface area (Å²) in [5.74, 6) is -1.82. The summed E-state index contributed by atoms with van der Waals surface area (Å²) in [7, 11) is 0. The SMILES string of the molecule is CC(C)c1cc(OC(F)(F)F)ccc1CC(=O)OC(C#N)c1ccc(F)c(Oc2ccccc2)c1. The van der Waals surface area contributed by atoms with Crippen LogP contribution in [0.3, 0.4) is 0 Å². The number of carbonyl (C=O) groups is 1. The van der Waals surface area contributed by atoms with Crippen molar-refractivity contribution in [2.45, 2.75) is 38.7 Å². The quantitative estimate of drug-likeness (QED) is 0.253. The number of halogens is 4. The van der Waals surface area contributed by atoms with Gasteiger partial charge in [0.2, 0.25) is 6.10 Å². The van der Waals surface area contributed by atoms with E-state index in [0.717, 1.165) is 12.1 Å². The molecule has 0 saturated carbocycles. The van der Waals surface area contributed by atoms with Crippen LogP contribution >= 0.6 is 0 Å². The average Bonchev–Trinajstić information content (AvgIpc) is 2.79. The van der Waals surface area contributed by atoms with Crippen molar-refractivity contribution in [3.05, 3.63) is 89.2 Å². The molecule has 1 unspecified atom stereocenters. The molecule has 5 nitrogen and oxygen atoms in total. The van der Waals surface area contributed by atoms with Crippen LogP contribution in [-0.4, -0.2) is 12.3 Å². The van der Waals surface area contributed by atoms with Gasteiger partial charge in [-0.25, -0.2) is 4.39 Å². The maximum atomic E-state index is 14.2. The topological polar surface area (TPSA) is 68.5 Å². The van der Waals surface area contributed by atoms with Crippen molar-refractivity contribution in [2.24, 2.45) is 0 Å². The smallest absolute Gasteiger partial charge is 0.454 e. The number of alkyl halides is 3. The highest BCUT2D eigenvalue weighted by Gasteiger charge is 2.31. The van der Waals surface area contributed by atoms with Crippen molar-refractivity contribution >= 4 is 5.97 Å². The highest BCUT2D eigenvalue weighted by molar-refractivity contribution is 5.74. The predicted molar refractivity (Wildman–Crippen MR) is 118 cm³/mol. The zero-order valence-electron chi connectivity index (χ0n) is 18.8. The van der Waals surface area contributed by atoms with Crippen LogP contribution in [0.15, 0.2) is 66.7 Å². The van der Waals surface area contributed by atoms with Gasteiger partial charge >= 0.3 is 12.3 Å². The molecule has 0 spiro atoms. The van der Waals surface area contributed by atoms with Gasteiger partial charge in [-0.15, -0.1) is 13.2 Å². The molecule has 0 aliphatic carbocycles.